The summed E-state index contributed by atoms with van der Waals surface area (Å²) in [6.45, 7) is -0.0472. The minimum absolute atomic E-state index is 0.0472. The van der Waals surface area contributed by atoms with Crippen LogP contribution in [0, 0.1) is 0 Å². The maximum atomic E-state index is 13.1. The van der Waals surface area contributed by atoms with E-state index < -0.39 is 11.6 Å². The monoisotopic (exact) mass is 360 g/mol. The first-order valence-electron chi connectivity index (χ1n) is 8.78. The average molecular weight is 360 g/mol. The van der Waals surface area contributed by atoms with Gasteiger partial charge < -0.3 is 9.73 Å². The summed E-state index contributed by atoms with van der Waals surface area (Å²) < 4.78 is 5.65. The fraction of sp³-hybridized carbons (Fsp3) is 0.200. The first-order chi connectivity index (χ1) is 13.2. The van der Waals surface area contributed by atoms with Gasteiger partial charge in [0.25, 0.3) is 5.91 Å². The van der Waals surface area contributed by atoms with Crippen molar-refractivity contribution in [1.82, 2.24) is 20.4 Å². The van der Waals surface area contributed by atoms with E-state index in [1.807, 2.05) is 54.6 Å². The molecule has 0 bridgehead atoms. The molecule has 1 fully saturated rings. The topological polar surface area (TPSA) is 88.3 Å². The fourth-order valence-electron chi connectivity index (χ4n) is 3.88. The molecule has 1 aliphatic carbocycles. The maximum Gasteiger partial charge on any atom is 0.325 e. The molecule has 2 aromatic carbocycles. The van der Waals surface area contributed by atoms with Crippen molar-refractivity contribution in [1.29, 1.82) is 0 Å². The smallest absolute Gasteiger partial charge is 0.325 e. The molecule has 1 saturated heterocycles. The van der Waals surface area contributed by atoms with Crippen LogP contribution in [0.3, 0.4) is 0 Å². The molecule has 7 nitrogen and oxygen atoms in total. The molecule has 1 aromatic heterocycles. The molecule has 134 valence electrons. The second kappa shape index (κ2) is 5.77. The SMILES string of the molecule is O=C1N[C@@]2(CCc3ccccc32)C(=O)N1Cc1nnc(-c2ccccc2)o1. The highest BCUT2D eigenvalue weighted by atomic mass is 16.4. The number of benzene rings is 2. The van der Waals surface area contributed by atoms with Gasteiger partial charge in [0.15, 0.2) is 0 Å². The van der Waals surface area contributed by atoms with Crippen molar-refractivity contribution in [3.63, 3.8) is 0 Å². The molecule has 2 aliphatic rings. The summed E-state index contributed by atoms with van der Waals surface area (Å²) >= 11 is 0. The number of imide groups is 1. The number of nitrogens with zero attached hydrogens (tertiary/aromatic N) is 3. The van der Waals surface area contributed by atoms with Gasteiger partial charge in [-0.1, -0.05) is 42.5 Å². The largest absolute Gasteiger partial charge is 0.419 e. The normalized spacial score (nSPS) is 21.0. The number of amides is 3. The second-order valence-electron chi connectivity index (χ2n) is 6.75. The van der Waals surface area contributed by atoms with Crippen molar-refractivity contribution in [2.75, 3.05) is 0 Å². The van der Waals surface area contributed by atoms with Crippen LogP contribution in [0.25, 0.3) is 11.5 Å². The minimum Gasteiger partial charge on any atom is -0.419 e. The Morgan fingerprint density at radius 3 is 2.67 bits per heavy atom. The molecule has 1 aliphatic heterocycles. The molecule has 0 radical (unpaired) electrons. The van der Waals surface area contributed by atoms with E-state index in [2.05, 4.69) is 15.5 Å². The van der Waals surface area contributed by atoms with Gasteiger partial charge in [-0.05, 0) is 36.1 Å². The maximum absolute atomic E-state index is 13.1. The summed E-state index contributed by atoms with van der Waals surface area (Å²) in [5.41, 5.74) is 1.78. The summed E-state index contributed by atoms with van der Waals surface area (Å²) in [5, 5.41) is 10.9. The van der Waals surface area contributed by atoms with Gasteiger partial charge >= 0.3 is 6.03 Å². The standard InChI is InChI=1S/C20H16N4O3/c25-18-20(11-10-13-6-4-5-9-15(13)20)21-19(26)24(18)12-16-22-23-17(27-16)14-7-2-1-3-8-14/h1-9H,10-12H2,(H,21,26)/t20-/m1/s1. The molecular weight excluding hydrogens is 344 g/mol. The number of carbonyl (C=O) groups excluding carboxylic acids is 2. The predicted octanol–water partition coefficient (Wildman–Crippen LogP) is 2.63. The van der Waals surface area contributed by atoms with E-state index >= 15 is 0 Å². The zero-order chi connectivity index (χ0) is 18.4. The molecule has 1 spiro atoms. The van der Waals surface area contributed by atoms with Crippen LogP contribution in [-0.2, 0) is 23.3 Å². The summed E-state index contributed by atoms with van der Waals surface area (Å²) in [6.07, 6.45) is 1.32. The third-order valence-corrected chi connectivity index (χ3v) is 5.20. The van der Waals surface area contributed by atoms with Gasteiger partial charge in [-0.25, -0.2) is 4.79 Å². The summed E-state index contributed by atoms with van der Waals surface area (Å²) in [6, 6.07) is 16.7. The second-order valence-corrected chi connectivity index (χ2v) is 6.75. The van der Waals surface area contributed by atoms with Crippen LogP contribution < -0.4 is 5.32 Å². The first-order valence-corrected chi connectivity index (χ1v) is 8.78. The molecular formula is C20H16N4O3. The van der Waals surface area contributed by atoms with E-state index in [-0.39, 0.29) is 18.3 Å². The van der Waals surface area contributed by atoms with Crippen molar-refractivity contribution < 1.29 is 14.0 Å². The third kappa shape index (κ3) is 2.35. The van der Waals surface area contributed by atoms with E-state index in [1.54, 1.807) is 0 Å². The number of aryl methyl sites for hydroxylation is 1. The van der Waals surface area contributed by atoms with Crippen LogP contribution in [-0.4, -0.2) is 27.0 Å². The van der Waals surface area contributed by atoms with Gasteiger partial charge in [0.05, 0.1) is 0 Å². The highest BCUT2D eigenvalue weighted by Gasteiger charge is 2.55. The molecule has 7 heteroatoms. The molecule has 1 N–H and O–H groups in total. The highest BCUT2D eigenvalue weighted by Crippen LogP contribution is 2.41. The van der Waals surface area contributed by atoms with E-state index in [9.17, 15) is 9.59 Å². The molecule has 0 saturated carbocycles. The molecule has 5 rings (SSSR count). The molecule has 0 unspecified atom stereocenters. The Hall–Kier alpha value is -3.48. The van der Waals surface area contributed by atoms with Crippen molar-refractivity contribution in [2.24, 2.45) is 0 Å². The van der Waals surface area contributed by atoms with Gasteiger partial charge in [-0.15, -0.1) is 10.2 Å². The number of carbonyl (C=O) groups is 2. The van der Waals surface area contributed by atoms with E-state index in [0.717, 1.165) is 28.0 Å². The molecule has 27 heavy (non-hydrogen) atoms. The van der Waals surface area contributed by atoms with Crippen molar-refractivity contribution in [3.8, 4) is 11.5 Å². The van der Waals surface area contributed by atoms with E-state index in [4.69, 9.17) is 4.42 Å². The number of hydrogen-bond acceptors (Lipinski definition) is 5. The summed E-state index contributed by atoms with van der Waals surface area (Å²) in [4.78, 5) is 26.8. The Labute approximate surface area is 155 Å². The Balaban J connectivity index is 1.42. The number of rotatable bonds is 3. The van der Waals surface area contributed by atoms with Gasteiger partial charge in [-0.3, -0.25) is 9.69 Å². The van der Waals surface area contributed by atoms with Crippen molar-refractivity contribution in [2.45, 2.75) is 24.9 Å². The van der Waals surface area contributed by atoms with Crippen molar-refractivity contribution in [3.05, 3.63) is 71.6 Å². The van der Waals surface area contributed by atoms with Crippen LogP contribution in [0.4, 0.5) is 4.79 Å². The quantitative estimate of drug-likeness (QED) is 0.726. The number of urea groups is 1. The average Bonchev–Trinajstić information content (AvgIpc) is 3.38. The Morgan fingerprint density at radius 2 is 1.81 bits per heavy atom. The lowest BCUT2D eigenvalue weighted by molar-refractivity contribution is -0.132. The lowest BCUT2D eigenvalue weighted by Gasteiger charge is -2.21. The van der Waals surface area contributed by atoms with Crippen LogP contribution in [0.2, 0.25) is 0 Å². The van der Waals surface area contributed by atoms with E-state index in [0.29, 0.717) is 12.3 Å². The first kappa shape index (κ1) is 15.7. The van der Waals surface area contributed by atoms with Crippen molar-refractivity contribution >= 4 is 11.9 Å². The summed E-state index contributed by atoms with van der Waals surface area (Å²) in [7, 11) is 0. The van der Waals surface area contributed by atoms with E-state index in [1.165, 1.54) is 0 Å². The van der Waals surface area contributed by atoms with Gasteiger partial charge in [0.2, 0.25) is 11.8 Å². The Kier molecular flexibility index (Phi) is 3.36. The molecule has 2 heterocycles. The zero-order valence-corrected chi connectivity index (χ0v) is 14.4. The Morgan fingerprint density at radius 1 is 1.04 bits per heavy atom. The molecule has 3 aromatic rings. The fourth-order valence-corrected chi connectivity index (χ4v) is 3.88. The summed E-state index contributed by atoms with van der Waals surface area (Å²) in [5.74, 6) is 0.316. The molecule has 3 amide bonds. The minimum atomic E-state index is -0.976. The Bertz CT molecular complexity index is 1050. The van der Waals surface area contributed by atoms with Crippen LogP contribution >= 0.6 is 0 Å². The van der Waals surface area contributed by atoms with Gasteiger partial charge in [0, 0.05) is 5.56 Å². The number of nitrogens with one attached hydrogen (secondary N) is 1. The predicted molar refractivity (Wildman–Crippen MR) is 95.3 cm³/mol. The molecule has 1 atom stereocenters. The van der Waals surface area contributed by atoms with Crippen LogP contribution in [0.1, 0.15) is 23.4 Å². The number of hydrogen-bond donors (Lipinski definition) is 1. The number of fused-ring (bicyclic) bond motifs is 2. The number of aromatic nitrogens is 2. The van der Waals surface area contributed by atoms with Crippen LogP contribution in [0.5, 0.6) is 0 Å². The van der Waals surface area contributed by atoms with Crippen LogP contribution in [0.15, 0.2) is 59.0 Å². The van der Waals surface area contributed by atoms with Gasteiger partial charge in [-0.2, -0.15) is 0 Å². The lowest BCUT2D eigenvalue weighted by Crippen LogP contribution is -2.41. The third-order valence-electron chi connectivity index (χ3n) is 5.20. The lowest BCUT2D eigenvalue weighted by atomic mass is 9.92. The highest BCUT2D eigenvalue weighted by molar-refractivity contribution is 6.08. The van der Waals surface area contributed by atoms with Gasteiger partial charge in [0.1, 0.15) is 12.1 Å². The zero-order valence-electron chi connectivity index (χ0n) is 14.4.